The van der Waals surface area contributed by atoms with Crippen molar-refractivity contribution in [3.63, 3.8) is 0 Å². The van der Waals surface area contributed by atoms with E-state index in [0.29, 0.717) is 0 Å². The van der Waals surface area contributed by atoms with Crippen molar-refractivity contribution in [1.29, 1.82) is 0 Å². The van der Waals surface area contributed by atoms with Crippen LogP contribution in [-0.2, 0) is 0 Å². The number of hydrogen-bond donors (Lipinski definition) is 2. The average molecular weight is 222 g/mol. The zero-order valence-corrected chi connectivity index (χ0v) is 9.81. The van der Waals surface area contributed by atoms with Crippen LogP contribution in [0.2, 0.25) is 0 Å². The Morgan fingerprint density at radius 2 is 1.06 bits per heavy atom. The molecule has 0 spiro atoms. The molecule has 2 nitrogen and oxygen atoms in total. The van der Waals surface area contributed by atoms with Crippen LogP contribution >= 0.6 is 0 Å². The van der Waals surface area contributed by atoms with E-state index in [1.165, 1.54) is 19.3 Å². The molecule has 0 heterocycles. The van der Waals surface area contributed by atoms with E-state index in [1.54, 1.807) is 0 Å². The molecule has 1 aliphatic rings. The third-order valence-corrected chi connectivity index (χ3v) is 3.25. The van der Waals surface area contributed by atoms with Crippen LogP contribution in [-0.4, -0.2) is 23.4 Å². The van der Waals surface area contributed by atoms with Crippen LogP contribution in [0.15, 0.2) is 36.4 Å². The zero-order chi connectivity index (χ0) is 11.7. The van der Waals surface area contributed by atoms with Crippen LogP contribution in [0.3, 0.4) is 0 Å². The van der Waals surface area contributed by atoms with E-state index >= 15 is 0 Å². The van der Waals surface area contributed by atoms with Gasteiger partial charge in [-0.2, -0.15) is 0 Å². The maximum Gasteiger partial charge on any atom is 0.0509 e. The van der Waals surface area contributed by atoms with Crippen molar-refractivity contribution in [2.45, 2.75) is 32.1 Å². The van der Waals surface area contributed by atoms with Crippen molar-refractivity contribution >= 4 is 0 Å². The van der Waals surface area contributed by atoms with E-state index in [1.807, 2.05) is 36.4 Å². The summed E-state index contributed by atoms with van der Waals surface area (Å²) in [6, 6.07) is 12.0. The molecule has 0 saturated heterocycles. The van der Waals surface area contributed by atoms with E-state index < -0.39 is 0 Å². The van der Waals surface area contributed by atoms with Crippen molar-refractivity contribution in [2.75, 3.05) is 13.2 Å². The fourth-order valence-corrected chi connectivity index (χ4v) is 2.05. The van der Waals surface area contributed by atoms with Gasteiger partial charge in [-0.25, -0.2) is 0 Å². The predicted octanol–water partition coefficient (Wildman–Crippen LogP) is 2.61. The minimum atomic E-state index is -0.127. The van der Waals surface area contributed by atoms with Crippen molar-refractivity contribution in [3.8, 4) is 0 Å². The first-order valence-corrected chi connectivity index (χ1v) is 6.05. The third kappa shape index (κ3) is 4.33. The largest absolute Gasteiger partial charge is 0.396 e. The lowest BCUT2D eigenvalue weighted by Crippen LogP contribution is -2.31. The lowest BCUT2D eigenvalue weighted by molar-refractivity contribution is 0.0234. The minimum absolute atomic E-state index is 0.127. The van der Waals surface area contributed by atoms with Crippen molar-refractivity contribution < 1.29 is 10.2 Å². The lowest BCUT2D eigenvalue weighted by atomic mass is 9.75. The topological polar surface area (TPSA) is 40.5 Å². The molecule has 0 bridgehead atoms. The lowest BCUT2D eigenvalue weighted by Gasteiger charge is -2.33. The molecule has 0 unspecified atom stereocenters. The molecule has 1 aliphatic carbocycles. The molecule has 0 radical (unpaired) electrons. The van der Waals surface area contributed by atoms with E-state index in [0.717, 1.165) is 12.8 Å². The van der Waals surface area contributed by atoms with Gasteiger partial charge in [0.2, 0.25) is 0 Å². The standard InChI is InChI=1S/C8H16O2.C6H6/c9-6-8(7-10)4-2-1-3-5-8;1-2-4-6-5-3-1/h9-10H,1-7H2;1-6H. The van der Waals surface area contributed by atoms with Gasteiger partial charge in [0.05, 0.1) is 13.2 Å². The number of aliphatic hydroxyl groups excluding tert-OH is 2. The first-order chi connectivity index (χ1) is 7.83. The molecule has 0 aliphatic heterocycles. The van der Waals surface area contributed by atoms with E-state index in [-0.39, 0.29) is 18.6 Å². The molecule has 1 fully saturated rings. The molecule has 2 N–H and O–H groups in total. The summed E-state index contributed by atoms with van der Waals surface area (Å²) in [6.07, 6.45) is 5.60. The second-order valence-corrected chi connectivity index (χ2v) is 4.53. The summed E-state index contributed by atoms with van der Waals surface area (Å²) in [5.74, 6) is 0. The van der Waals surface area contributed by atoms with Gasteiger partial charge in [0.15, 0.2) is 0 Å². The number of rotatable bonds is 2. The average Bonchev–Trinajstić information content (AvgIpc) is 2.42. The second-order valence-electron chi connectivity index (χ2n) is 4.53. The van der Waals surface area contributed by atoms with Gasteiger partial charge >= 0.3 is 0 Å². The van der Waals surface area contributed by atoms with Gasteiger partial charge in [-0.05, 0) is 12.8 Å². The SMILES string of the molecule is OCC1(CO)CCCCC1.c1ccccc1. The summed E-state index contributed by atoms with van der Waals surface area (Å²) in [5.41, 5.74) is -0.127. The number of aliphatic hydroxyl groups is 2. The molecule has 0 aromatic heterocycles. The number of benzene rings is 1. The van der Waals surface area contributed by atoms with Gasteiger partial charge < -0.3 is 10.2 Å². The maximum atomic E-state index is 8.98. The van der Waals surface area contributed by atoms with Crippen LogP contribution in [0.5, 0.6) is 0 Å². The predicted molar refractivity (Wildman–Crippen MR) is 66.1 cm³/mol. The Bertz CT molecular complexity index is 220. The quantitative estimate of drug-likeness (QED) is 0.807. The summed E-state index contributed by atoms with van der Waals surface area (Å²) >= 11 is 0. The summed E-state index contributed by atoms with van der Waals surface area (Å²) in [7, 11) is 0. The molecule has 90 valence electrons. The van der Waals surface area contributed by atoms with Crippen molar-refractivity contribution in [3.05, 3.63) is 36.4 Å². The highest BCUT2D eigenvalue weighted by molar-refractivity contribution is 4.99. The van der Waals surface area contributed by atoms with Crippen molar-refractivity contribution in [1.82, 2.24) is 0 Å². The highest BCUT2D eigenvalue weighted by Crippen LogP contribution is 2.34. The molecule has 0 amide bonds. The summed E-state index contributed by atoms with van der Waals surface area (Å²) < 4.78 is 0. The minimum Gasteiger partial charge on any atom is -0.396 e. The highest BCUT2D eigenvalue weighted by Gasteiger charge is 2.30. The fourth-order valence-electron chi connectivity index (χ4n) is 2.05. The zero-order valence-electron chi connectivity index (χ0n) is 9.81. The van der Waals surface area contributed by atoms with Crippen LogP contribution in [0.1, 0.15) is 32.1 Å². The molecule has 1 aromatic carbocycles. The van der Waals surface area contributed by atoms with Gasteiger partial charge in [-0.3, -0.25) is 0 Å². The highest BCUT2D eigenvalue weighted by atomic mass is 16.3. The molecule has 16 heavy (non-hydrogen) atoms. The van der Waals surface area contributed by atoms with Gasteiger partial charge in [0.1, 0.15) is 0 Å². The molecular weight excluding hydrogens is 200 g/mol. The van der Waals surface area contributed by atoms with Gasteiger partial charge in [-0.1, -0.05) is 55.7 Å². The number of hydrogen-bond acceptors (Lipinski definition) is 2. The Labute approximate surface area is 97.9 Å². The van der Waals surface area contributed by atoms with Gasteiger partial charge in [-0.15, -0.1) is 0 Å². The van der Waals surface area contributed by atoms with Crippen LogP contribution in [0.4, 0.5) is 0 Å². The molecule has 1 aromatic rings. The van der Waals surface area contributed by atoms with E-state index in [9.17, 15) is 0 Å². The van der Waals surface area contributed by atoms with Crippen molar-refractivity contribution in [2.24, 2.45) is 5.41 Å². The summed E-state index contributed by atoms with van der Waals surface area (Å²) in [4.78, 5) is 0. The van der Waals surface area contributed by atoms with Crippen LogP contribution in [0.25, 0.3) is 0 Å². The molecule has 0 atom stereocenters. The summed E-state index contributed by atoms with van der Waals surface area (Å²) in [6.45, 7) is 0.312. The third-order valence-electron chi connectivity index (χ3n) is 3.25. The van der Waals surface area contributed by atoms with Gasteiger partial charge in [0.25, 0.3) is 0 Å². The Balaban J connectivity index is 0.000000181. The second kappa shape index (κ2) is 7.42. The first kappa shape index (κ1) is 13.2. The normalized spacial score (nSPS) is 18.4. The summed E-state index contributed by atoms with van der Waals surface area (Å²) in [5, 5.41) is 18.0. The Morgan fingerprint density at radius 3 is 1.31 bits per heavy atom. The fraction of sp³-hybridized carbons (Fsp3) is 0.571. The smallest absolute Gasteiger partial charge is 0.0509 e. The van der Waals surface area contributed by atoms with E-state index in [2.05, 4.69) is 0 Å². The first-order valence-electron chi connectivity index (χ1n) is 6.05. The van der Waals surface area contributed by atoms with Crippen LogP contribution in [0, 0.1) is 5.41 Å². The molecular formula is C14H22O2. The molecule has 2 heteroatoms. The monoisotopic (exact) mass is 222 g/mol. The Morgan fingerprint density at radius 1 is 0.688 bits per heavy atom. The molecule has 2 rings (SSSR count). The van der Waals surface area contributed by atoms with Crippen LogP contribution < -0.4 is 0 Å². The van der Waals surface area contributed by atoms with Gasteiger partial charge in [0, 0.05) is 5.41 Å². The van der Waals surface area contributed by atoms with E-state index in [4.69, 9.17) is 10.2 Å². The Hall–Kier alpha value is -0.860. The maximum absolute atomic E-state index is 8.98. The molecule has 1 saturated carbocycles. The Kier molecular flexibility index (Phi) is 6.12.